The molecule has 0 spiro atoms. The second-order valence-corrected chi connectivity index (χ2v) is 2.97. The number of carbonyl (C=O) groups excluding carboxylic acids is 1. The lowest BCUT2D eigenvalue weighted by atomic mass is 10.2. The van der Waals surface area contributed by atoms with E-state index >= 15 is 0 Å². The van der Waals surface area contributed by atoms with E-state index in [1.54, 1.807) is 13.1 Å². The van der Waals surface area contributed by atoms with Gasteiger partial charge in [-0.1, -0.05) is 13.2 Å². The molecular formula is C10H17N3O. The maximum Gasteiger partial charge on any atom is 0.224 e. The van der Waals surface area contributed by atoms with Gasteiger partial charge < -0.3 is 11.1 Å². The molecule has 0 rings (SSSR count). The van der Waals surface area contributed by atoms with E-state index in [0.717, 1.165) is 0 Å². The predicted molar refractivity (Wildman–Crippen MR) is 59.1 cm³/mol. The van der Waals surface area contributed by atoms with Crippen molar-refractivity contribution in [3.8, 4) is 0 Å². The highest BCUT2D eigenvalue weighted by Gasteiger charge is 2.00. The number of nitrogens with one attached hydrogen (secondary N) is 1. The molecule has 0 fully saturated rings. The third-order valence-corrected chi connectivity index (χ3v) is 1.32. The zero-order valence-corrected chi connectivity index (χ0v) is 8.55. The summed E-state index contributed by atoms with van der Waals surface area (Å²) in [6, 6.07) is 0. The highest BCUT2D eigenvalue weighted by atomic mass is 16.1. The van der Waals surface area contributed by atoms with Gasteiger partial charge in [-0.05, 0) is 12.5 Å². The zero-order valence-electron chi connectivity index (χ0n) is 8.55. The molecule has 0 saturated heterocycles. The van der Waals surface area contributed by atoms with Crippen LogP contribution in [0.2, 0.25) is 0 Å². The van der Waals surface area contributed by atoms with Crippen LogP contribution >= 0.6 is 0 Å². The summed E-state index contributed by atoms with van der Waals surface area (Å²) in [6.07, 6.45) is 1.79. The van der Waals surface area contributed by atoms with Gasteiger partial charge in [-0.25, -0.2) is 0 Å². The lowest BCUT2D eigenvalue weighted by molar-refractivity contribution is -0.120. The fraction of sp³-hybridized carbons (Fsp3) is 0.400. The lowest BCUT2D eigenvalue weighted by Gasteiger charge is -2.02. The highest BCUT2D eigenvalue weighted by Crippen LogP contribution is 1.96. The van der Waals surface area contributed by atoms with E-state index < -0.39 is 0 Å². The number of nitrogens with zero attached hydrogens (tertiary/aromatic N) is 1. The molecule has 0 aliphatic heterocycles. The molecule has 0 aromatic carbocycles. The van der Waals surface area contributed by atoms with Gasteiger partial charge in [0.2, 0.25) is 5.91 Å². The molecule has 0 aliphatic carbocycles. The van der Waals surface area contributed by atoms with Crippen LogP contribution in [0, 0.1) is 0 Å². The molecular weight excluding hydrogens is 178 g/mol. The average molecular weight is 195 g/mol. The Labute approximate surface area is 84.6 Å². The predicted octanol–water partition coefficient (Wildman–Crippen LogP) is 0.612. The maximum atomic E-state index is 11.1. The summed E-state index contributed by atoms with van der Waals surface area (Å²) in [5.41, 5.74) is 6.57. The lowest BCUT2D eigenvalue weighted by Crippen LogP contribution is -2.29. The molecule has 4 nitrogen and oxygen atoms in total. The number of rotatable bonds is 6. The van der Waals surface area contributed by atoms with Gasteiger partial charge in [-0.2, -0.15) is 0 Å². The number of hydrogen-bond acceptors (Lipinski definition) is 3. The monoisotopic (exact) mass is 195 g/mol. The van der Waals surface area contributed by atoms with E-state index in [-0.39, 0.29) is 12.3 Å². The summed E-state index contributed by atoms with van der Waals surface area (Å²) in [7, 11) is 0. The zero-order chi connectivity index (χ0) is 11.0. The van der Waals surface area contributed by atoms with Gasteiger partial charge in [0.25, 0.3) is 0 Å². The first kappa shape index (κ1) is 12.6. The Kier molecular flexibility index (Phi) is 6.32. The van der Waals surface area contributed by atoms with Crippen molar-refractivity contribution in [2.75, 3.05) is 13.1 Å². The first-order valence-corrected chi connectivity index (χ1v) is 4.40. The maximum absolute atomic E-state index is 11.1. The summed E-state index contributed by atoms with van der Waals surface area (Å²) in [4.78, 5) is 15.1. The number of carbonyl (C=O) groups is 1. The number of amides is 1. The van der Waals surface area contributed by atoms with Crippen LogP contribution in [-0.2, 0) is 4.79 Å². The molecule has 0 atom stereocenters. The molecule has 0 aliphatic rings. The van der Waals surface area contributed by atoms with Crippen LogP contribution in [0.4, 0.5) is 0 Å². The Balaban J connectivity index is 3.82. The van der Waals surface area contributed by atoms with E-state index in [1.807, 2.05) is 0 Å². The van der Waals surface area contributed by atoms with Crippen molar-refractivity contribution in [1.82, 2.24) is 5.32 Å². The standard InChI is InChI=1S/C10H17N3O/c1-8(2)13-7-9(3)6-10(14)12-5-4-11/h7H,1,3-6,11H2,2H3,(H,12,14). The highest BCUT2D eigenvalue weighted by molar-refractivity contribution is 5.89. The Morgan fingerprint density at radius 3 is 2.71 bits per heavy atom. The summed E-state index contributed by atoms with van der Waals surface area (Å²) in [5, 5.41) is 2.64. The number of aliphatic imine (C=N–C) groups is 1. The molecule has 0 heterocycles. The summed E-state index contributed by atoms with van der Waals surface area (Å²) in [6.45, 7) is 10.0. The van der Waals surface area contributed by atoms with Crippen LogP contribution < -0.4 is 11.1 Å². The van der Waals surface area contributed by atoms with E-state index in [2.05, 4.69) is 23.5 Å². The topological polar surface area (TPSA) is 67.5 Å². The Hall–Kier alpha value is -1.42. The molecule has 14 heavy (non-hydrogen) atoms. The number of hydrogen-bond donors (Lipinski definition) is 2. The third-order valence-electron chi connectivity index (χ3n) is 1.32. The molecule has 3 N–H and O–H groups in total. The van der Waals surface area contributed by atoms with Crippen LogP contribution in [-0.4, -0.2) is 25.2 Å². The number of nitrogens with two attached hydrogens (primary N) is 1. The molecule has 0 aromatic rings. The van der Waals surface area contributed by atoms with Crippen LogP contribution in [0.5, 0.6) is 0 Å². The molecule has 0 radical (unpaired) electrons. The van der Waals surface area contributed by atoms with Gasteiger partial charge in [0.15, 0.2) is 0 Å². The Morgan fingerprint density at radius 1 is 1.57 bits per heavy atom. The fourth-order valence-corrected chi connectivity index (χ4v) is 0.727. The van der Waals surface area contributed by atoms with Crippen molar-refractivity contribution in [1.29, 1.82) is 0 Å². The van der Waals surface area contributed by atoms with Crippen molar-refractivity contribution in [2.45, 2.75) is 13.3 Å². The first-order chi connectivity index (χ1) is 6.56. The summed E-state index contributed by atoms with van der Waals surface area (Å²) >= 11 is 0. The van der Waals surface area contributed by atoms with Gasteiger partial charge in [-0.3, -0.25) is 9.79 Å². The van der Waals surface area contributed by atoms with Gasteiger partial charge in [0.1, 0.15) is 0 Å². The van der Waals surface area contributed by atoms with E-state index in [9.17, 15) is 4.79 Å². The molecule has 4 heteroatoms. The number of allylic oxidation sites excluding steroid dienone is 1. The minimum absolute atomic E-state index is 0.0892. The minimum Gasteiger partial charge on any atom is -0.355 e. The molecule has 0 saturated carbocycles. The van der Waals surface area contributed by atoms with Gasteiger partial charge >= 0.3 is 0 Å². The largest absolute Gasteiger partial charge is 0.355 e. The van der Waals surface area contributed by atoms with E-state index in [1.165, 1.54) is 0 Å². The molecule has 1 amide bonds. The average Bonchev–Trinajstić information content (AvgIpc) is 2.11. The van der Waals surface area contributed by atoms with Crippen molar-refractivity contribution in [3.63, 3.8) is 0 Å². The van der Waals surface area contributed by atoms with Crippen molar-refractivity contribution < 1.29 is 4.79 Å². The quantitative estimate of drug-likeness (QED) is 0.610. The molecule has 78 valence electrons. The van der Waals surface area contributed by atoms with Gasteiger partial charge in [0, 0.05) is 25.0 Å². The smallest absolute Gasteiger partial charge is 0.224 e. The molecule has 0 aromatic heterocycles. The Bertz CT molecular complexity index is 256. The first-order valence-electron chi connectivity index (χ1n) is 4.40. The van der Waals surface area contributed by atoms with Crippen LogP contribution in [0.3, 0.4) is 0 Å². The molecule has 0 bridgehead atoms. The normalized spacial score (nSPS) is 10.1. The van der Waals surface area contributed by atoms with Crippen molar-refractivity contribution in [2.24, 2.45) is 10.7 Å². The molecule has 0 unspecified atom stereocenters. The van der Waals surface area contributed by atoms with Gasteiger partial charge in [-0.15, -0.1) is 0 Å². The van der Waals surface area contributed by atoms with Gasteiger partial charge in [0.05, 0.1) is 6.42 Å². The van der Waals surface area contributed by atoms with Crippen molar-refractivity contribution >= 4 is 12.1 Å². The van der Waals surface area contributed by atoms with Crippen molar-refractivity contribution in [3.05, 3.63) is 24.4 Å². The second kappa shape index (κ2) is 7.03. The minimum atomic E-state index is -0.0892. The third kappa shape index (κ3) is 7.24. The van der Waals surface area contributed by atoms with E-state index in [0.29, 0.717) is 24.4 Å². The summed E-state index contributed by atoms with van der Waals surface area (Å²) < 4.78 is 0. The second-order valence-electron chi connectivity index (χ2n) is 2.97. The van der Waals surface area contributed by atoms with Crippen LogP contribution in [0.1, 0.15) is 13.3 Å². The fourth-order valence-electron chi connectivity index (χ4n) is 0.727. The van der Waals surface area contributed by atoms with E-state index in [4.69, 9.17) is 5.73 Å². The van der Waals surface area contributed by atoms with Crippen LogP contribution in [0.15, 0.2) is 29.4 Å². The Morgan fingerprint density at radius 2 is 2.21 bits per heavy atom. The van der Waals surface area contributed by atoms with Crippen LogP contribution in [0.25, 0.3) is 0 Å². The SMILES string of the molecule is C=C(C=NC(=C)C)CC(=O)NCCN. The summed E-state index contributed by atoms with van der Waals surface area (Å²) in [5.74, 6) is -0.0892.